The van der Waals surface area contributed by atoms with E-state index in [0.29, 0.717) is 6.54 Å². The van der Waals surface area contributed by atoms with Crippen LogP contribution >= 0.6 is 0 Å². The largest absolute Gasteiger partial charge is 0.379 e. The average molecular weight is 337 g/mol. The highest BCUT2D eigenvalue weighted by molar-refractivity contribution is 6.03. The van der Waals surface area contributed by atoms with Gasteiger partial charge in [-0.25, -0.2) is 0 Å². The molecule has 0 aliphatic carbocycles. The summed E-state index contributed by atoms with van der Waals surface area (Å²) >= 11 is 0. The smallest absolute Gasteiger partial charge is 0.251 e. The van der Waals surface area contributed by atoms with Crippen LogP contribution in [0.2, 0.25) is 0 Å². The van der Waals surface area contributed by atoms with E-state index in [1.54, 1.807) is 18.3 Å². The van der Waals surface area contributed by atoms with Crippen LogP contribution in [0.3, 0.4) is 0 Å². The van der Waals surface area contributed by atoms with Crippen molar-refractivity contribution >= 4 is 17.7 Å². The molecule has 25 heavy (non-hydrogen) atoms. The maximum absolute atomic E-state index is 12.8. The molecule has 5 nitrogen and oxygen atoms in total. The summed E-state index contributed by atoms with van der Waals surface area (Å²) < 4.78 is 5.39. The zero-order valence-corrected chi connectivity index (χ0v) is 14.3. The molecule has 1 saturated heterocycles. The molecule has 130 valence electrons. The quantitative estimate of drug-likeness (QED) is 0.760. The number of rotatable bonds is 6. The van der Waals surface area contributed by atoms with Gasteiger partial charge in [0, 0.05) is 44.1 Å². The molecule has 1 aliphatic heterocycles. The Bertz CT molecular complexity index is 683. The van der Waals surface area contributed by atoms with Gasteiger partial charge in [0.05, 0.1) is 18.9 Å². The Balaban J connectivity index is 1.69. The minimum atomic E-state index is -0.0369. The number of anilines is 1. The molecule has 0 N–H and O–H groups in total. The third-order valence-electron chi connectivity index (χ3n) is 4.16. The molecule has 1 aliphatic rings. The van der Waals surface area contributed by atoms with Crippen LogP contribution in [-0.2, 0) is 9.53 Å². The number of aromatic nitrogens is 1. The lowest BCUT2D eigenvalue weighted by Crippen LogP contribution is -2.42. The normalized spacial score (nSPS) is 15.4. The van der Waals surface area contributed by atoms with Gasteiger partial charge in [-0.3, -0.25) is 14.7 Å². The third-order valence-corrected chi connectivity index (χ3v) is 4.16. The number of nitrogens with zero attached hydrogens (tertiary/aromatic N) is 3. The Morgan fingerprint density at radius 3 is 2.60 bits per heavy atom. The molecule has 5 heteroatoms. The van der Waals surface area contributed by atoms with E-state index in [2.05, 4.69) is 9.88 Å². The van der Waals surface area contributed by atoms with Crippen LogP contribution < -0.4 is 4.90 Å². The maximum atomic E-state index is 12.8. The van der Waals surface area contributed by atoms with Gasteiger partial charge in [0.15, 0.2) is 0 Å². The van der Waals surface area contributed by atoms with Crippen molar-refractivity contribution in [3.63, 3.8) is 0 Å². The molecule has 1 aromatic carbocycles. The topological polar surface area (TPSA) is 45.7 Å². The second kappa shape index (κ2) is 9.11. The highest BCUT2D eigenvalue weighted by Gasteiger charge is 2.16. The molecule has 3 rings (SSSR count). The number of para-hydroxylation sites is 1. The van der Waals surface area contributed by atoms with Crippen molar-refractivity contribution in [3.05, 3.63) is 66.5 Å². The van der Waals surface area contributed by atoms with E-state index in [0.717, 1.165) is 44.2 Å². The number of benzene rings is 1. The van der Waals surface area contributed by atoms with Gasteiger partial charge in [0.2, 0.25) is 0 Å². The molecule has 1 fully saturated rings. The first-order chi connectivity index (χ1) is 12.3. The van der Waals surface area contributed by atoms with Crippen LogP contribution in [0, 0.1) is 0 Å². The molecular formula is C20H23N3O2. The second-order valence-corrected chi connectivity index (χ2v) is 5.87. The van der Waals surface area contributed by atoms with Gasteiger partial charge in [-0.15, -0.1) is 0 Å². The fourth-order valence-electron chi connectivity index (χ4n) is 2.76. The Hall–Kier alpha value is -2.50. The van der Waals surface area contributed by atoms with Crippen molar-refractivity contribution in [2.24, 2.45) is 0 Å². The number of morpholine rings is 1. The summed E-state index contributed by atoms with van der Waals surface area (Å²) in [5, 5.41) is 0. The molecule has 0 atom stereocenters. The number of ether oxygens (including phenoxy) is 1. The van der Waals surface area contributed by atoms with Gasteiger partial charge in [-0.2, -0.15) is 0 Å². The van der Waals surface area contributed by atoms with Gasteiger partial charge in [0.1, 0.15) is 0 Å². The Morgan fingerprint density at radius 1 is 1.12 bits per heavy atom. The van der Waals surface area contributed by atoms with E-state index in [1.807, 2.05) is 53.4 Å². The van der Waals surface area contributed by atoms with Crippen LogP contribution in [0.1, 0.15) is 5.69 Å². The fourth-order valence-corrected chi connectivity index (χ4v) is 2.76. The Morgan fingerprint density at radius 2 is 1.88 bits per heavy atom. The van der Waals surface area contributed by atoms with Crippen molar-refractivity contribution in [1.29, 1.82) is 0 Å². The summed E-state index contributed by atoms with van der Waals surface area (Å²) in [7, 11) is 0. The van der Waals surface area contributed by atoms with Crippen LogP contribution in [0.25, 0.3) is 6.08 Å². The standard InChI is InChI=1S/C20H23N3O2/c24-20(10-9-18-6-4-5-11-21-18)23(19-7-2-1-3-8-19)13-12-22-14-16-25-17-15-22/h1-11H,12-17H2/b10-9+. The molecule has 2 heterocycles. The molecule has 0 spiro atoms. The van der Waals surface area contributed by atoms with E-state index in [-0.39, 0.29) is 5.91 Å². The van der Waals surface area contributed by atoms with E-state index >= 15 is 0 Å². The zero-order chi connectivity index (χ0) is 17.3. The zero-order valence-electron chi connectivity index (χ0n) is 14.3. The molecule has 2 aromatic rings. The summed E-state index contributed by atoms with van der Waals surface area (Å²) in [5.41, 5.74) is 1.68. The van der Waals surface area contributed by atoms with Gasteiger partial charge >= 0.3 is 0 Å². The van der Waals surface area contributed by atoms with Gasteiger partial charge in [-0.1, -0.05) is 24.3 Å². The molecule has 0 unspecified atom stereocenters. The van der Waals surface area contributed by atoms with E-state index in [4.69, 9.17) is 4.74 Å². The van der Waals surface area contributed by atoms with Crippen molar-refractivity contribution in [2.75, 3.05) is 44.3 Å². The first-order valence-electron chi connectivity index (χ1n) is 8.59. The maximum Gasteiger partial charge on any atom is 0.251 e. The predicted molar refractivity (Wildman–Crippen MR) is 99.3 cm³/mol. The van der Waals surface area contributed by atoms with Crippen LogP contribution in [-0.4, -0.2) is 55.2 Å². The number of carbonyl (C=O) groups excluding carboxylic acids is 1. The lowest BCUT2D eigenvalue weighted by Gasteiger charge is -2.29. The van der Waals surface area contributed by atoms with Crippen LogP contribution in [0.15, 0.2) is 60.8 Å². The number of carbonyl (C=O) groups is 1. The fraction of sp³-hybridized carbons (Fsp3) is 0.300. The summed E-state index contributed by atoms with van der Waals surface area (Å²) in [6.07, 6.45) is 5.07. The number of hydrogen-bond acceptors (Lipinski definition) is 4. The summed E-state index contributed by atoms with van der Waals surface area (Å²) in [6, 6.07) is 15.4. The van der Waals surface area contributed by atoms with Gasteiger partial charge in [0.25, 0.3) is 5.91 Å². The first-order valence-corrected chi connectivity index (χ1v) is 8.59. The molecule has 0 saturated carbocycles. The molecular weight excluding hydrogens is 314 g/mol. The number of pyridine rings is 1. The van der Waals surface area contributed by atoms with Crippen molar-refractivity contribution in [3.8, 4) is 0 Å². The highest BCUT2D eigenvalue weighted by atomic mass is 16.5. The van der Waals surface area contributed by atoms with Crippen molar-refractivity contribution < 1.29 is 9.53 Å². The Kier molecular flexibility index (Phi) is 6.31. The van der Waals surface area contributed by atoms with Crippen LogP contribution in [0.5, 0.6) is 0 Å². The first kappa shape index (κ1) is 17.3. The van der Waals surface area contributed by atoms with Gasteiger partial charge in [-0.05, 0) is 30.3 Å². The SMILES string of the molecule is O=C(/C=C/c1ccccn1)N(CCN1CCOCC1)c1ccccc1. The minimum Gasteiger partial charge on any atom is -0.379 e. The summed E-state index contributed by atoms with van der Waals surface area (Å²) in [6.45, 7) is 4.84. The number of amides is 1. The molecule has 1 amide bonds. The van der Waals surface area contributed by atoms with Crippen molar-refractivity contribution in [2.45, 2.75) is 0 Å². The average Bonchev–Trinajstić information content (AvgIpc) is 2.69. The van der Waals surface area contributed by atoms with E-state index < -0.39 is 0 Å². The van der Waals surface area contributed by atoms with Gasteiger partial charge < -0.3 is 9.64 Å². The van der Waals surface area contributed by atoms with Crippen molar-refractivity contribution in [1.82, 2.24) is 9.88 Å². The predicted octanol–water partition coefficient (Wildman–Crippen LogP) is 2.46. The Labute approximate surface area is 148 Å². The highest BCUT2D eigenvalue weighted by Crippen LogP contribution is 2.14. The lowest BCUT2D eigenvalue weighted by molar-refractivity contribution is -0.114. The monoisotopic (exact) mass is 337 g/mol. The number of hydrogen-bond donors (Lipinski definition) is 0. The van der Waals surface area contributed by atoms with Crippen LogP contribution in [0.4, 0.5) is 5.69 Å². The molecule has 1 aromatic heterocycles. The summed E-state index contributed by atoms with van der Waals surface area (Å²) in [5.74, 6) is -0.0369. The van der Waals surface area contributed by atoms with E-state index in [9.17, 15) is 4.79 Å². The molecule has 0 bridgehead atoms. The molecule has 0 radical (unpaired) electrons. The van der Waals surface area contributed by atoms with E-state index in [1.165, 1.54) is 0 Å². The minimum absolute atomic E-state index is 0.0369. The lowest BCUT2D eigenvalue weighted by atomic mass is 10.2. The summed E-state index contributed by atoms with van der Waals surface area (Å²) in [4.78, 5) is 21.1. The second-order valence-electron chi connectivity index (χ2n) is 5.87. The third kappa shape index (κ3) is 5.24.